The Morgan fingerprint density at radius 2 is 1.06 bits per heavy atom. The molecule has 1 atom stereocenters. The minimum Gasteiger partial charge on any atom is -0.383 e. The summed E-state index contributed by atoms with van der Waals surface area (Å²) < 4.78 is 0. The summed E-state index contributed by atoms with van der Waals surface area (Å²) in [6, 6.07) is 3.80. The monoisotopic (exact) mass is 471 g/mol. The Bertz CT molecular complexity index is 662. The van der Waals surface area contributed by atoms with Crippen molar-refractivity contribution in [3.63, 3.8) is 0 Å². The molecule has 7 N–H and O–H groups in total. The topological polar surface area (TPSA) is 88.1 Å². The zero-order valence-electron chi connectivity index (χ0n) is 21.9. The van der Waals surface area contributed by atoms with Crippen LogP contribution in [0.2, 0.25) is 0 Å². The van der Waals surface area contributed by atoms with Gasteiger partial charge >= 0.3 is 0 Å². The lowest BCUT2D eigenvalue weighted by atomic mass is 9.73. The van der Waals surface area contributed by atoms with Crippen LogP contribution in [0.1, 0.15) is 116 Å². The van der Waals surface area contributed by atoms with Gasteiger partial charge in [0.2, 0.25) is 0 Å². The molecule has 4 fully saturated rings. The van der Waals surface area contributed by atoms with E-state index in [2.05, 4.69) is 29.0 Å². The molecule has 34 heavy (non-hydrogen) atoms. The van der Waals surface area contributed by atoms with Crippen molar-refractivity contribution >= 4 is 0 Å². The molecule has 0 aromatic rings. The van der Waals surface area contributed by atoms with Crippen LogP contribution in [-0.4, -0.2) is 41.8 Å². The predicted octanol–water partition coefficient (Wildman–Crippen LogP) is 4.46. The Labute approximate surface area is 209 Å². The lowest BCUT2D eigenvalue weighted by molar-refractivity contribution is 0.165. The van der Waals surface area contributed by atoms with Gasteiger partial charge in [-0.05, 0) is 128 Å². The van der Waals surface area contributed by atoms with Crippen LogP contribution in [0.3, 0.4) is 0 Å². The summed E-state index contributed by atoms with van der Waals surface area (Å²) in [6.07, 6.45) is 24.6. The molecule has 0 saturated heterocycles. The Morgan fingerprint density at radius 3 is 1.53 bits per heavy atom. The Balaban J connectivity index is 1.02. The van der Waals surface area contributed by atoms with Gasteiger partial charge in [0.15, 0.2) is 0 Å². The van der Waals surface area contributed by atoms with Crippen LogP contribution in [0.25, 0.3) is 0 Å². The van der Waals surface area contributed by atoms with Gasteiger partial charge in [0.25, 0.3) is 0 Å². The minimum atomic E-state index is 0.286. The largest absolute Gasteiger partial charge is 0.383 e. The maximum Gasteiger partial charge on any atom is 0.0405 e. The molecule has 0 radical (unpaired) electrons. The number of nitrogens with two attached hydrogens (primary N) is 2. The summed E-state index contributed by atoms with van der Waals surface area (Å²) in [7, 11) is 0. The molecule has 194 valence electrons. The fraction of sp³-hybridized carbons (Fsp3) is 0.931. The van der Waals surface area contributed by atoms with Gasteiger partial charge in [0.05, 0.1) is 0 Å². The number of allylic oxidation sites excluding steroid dienone is 1. The third-order valence-electron chi connectivity index (χ3n) is 10.5. The van der Waals surface area contributed by atoms with E-state index in [-0.39, 0.29) is 5.54 Å². The van der Waals surface area contributed by atoms with Gasteiger partial charge in [0.1, 0.15) is 0 Å². The van der Waals surface area contributed by atoms with Crippen LogP contribution < -0.4 is 27.4 Å². The molecule has 4 aliphatic carbocycles. The fourth-order valence-electron chi connectivity index (χ4n) is 8.00. The maximum atomic E-state index is 6.10. The Hall–Kier alpha value is -0.620. The van der Waals surface area contributed by atoms with Crippen LogP contribution in [0.15, 0.2) is 11.8 Å². The fourth-order valence-corrected chi connectivity index (χ4v) is 8.00. The SMILES string of the molecule is CC1(C2CCC(NC3CCC(N)CC3)CC2)CC=C(C2CCC(NC3CCC(N)CC3)CC2)N1. The van der Waals surface area contributed by atoms with E-state index >= 15 is 0 Å². The standard InChI is InChI=1S/C29H53N5/c1-29(21-4-12-25(13-5-21)33-27-16-8-23(31)9-17-27)19-18-28(34-29)20-2-10-24(11-3-20)32-26-14-6-22(30)7-15-26/h18,20-27,32-34H,2-17,19,30-31H2,1H3. The quantitative estimate of drug-likeness (QED) is 0.395. The summed E-state index contributed by atoms with van der Waals surface area (Å²) in [4.78, 5) is 0. The van der Waals surface area contributed by atoms with Crippen molar-refractivity contribution in [3.8, 4) is 0 Å². The lowest BCUT2D eigenvalue weighted by Crippen LogP contribution is -2.50. The molecule has 4 saturated carbocycles. The Morgan fingerprint density at radius 1 is 0.647 bits per heavy atom. The second kappa shape index (κ2) is 11.2. The van der Waals surface area contributed by atoms with Crippen molar-refractivity contribution < 1.29 is 0 Å². The van der Waals surface area contributed by atoms with Crippen molar-refractivity contribution in [2.45, 2.75) is 158 Å². The second-order valence-electron chi connectivity index (χ2n) is 13.1. The average molecular weight is 472 g/mol. The second-order valence-corrected chi connectivity index (χ2v) is 13.1. The van der Waals surface area contributed by atoms with Crippen molar-refractivity contribution in [2.75, 3.05) is 0 Å². The molecule has 5 heteroatoms. The average Bonchev–Trinajstić information content (AvgIpc) is 3.26. The van der Waals surface area contributed by atoms with Crippen molar-refractivity contribution in [1.82, 2.24) is 16.0 Å². The smallest absolute Gasteiger partial charge is 0.0405 e. The third kappa shape index (κ3) is 6.19. The Kier molecular flexibility index (Phi) is 8.24. The summed E-state index contributed by atoms with van der Waals surface area (Å²) in [5.74, 6) is 1.57. The van der Waals surface area contributed by atoms with Gasteiger partial charge in [-0.25, -0.2) is 0 Å². The van der Waals surface area contributed by atoms with E-state index in [0.29, 0.717) is 18.1 Å². The molecule has 0 bridgehead atoms. The van der Waals surface area contributed by atoms with E-state index < -0.39 is 0 Å². The highest BCUT2D eigenvalue weighted by Crippen LogP contribution is 2.42. The van der Waals surface area contributed by atoms with Gasteiger partial charge in [0, 0.05) is 47.5 Å². The van der Waals surface area contributed by atoms with E-state index in [4.69, 9.17) is 11.5 Å². The van der Waals surface area contributed by atoms with Crippen LogP contribution in [0.4, 0.5) is 0 Å². The zero-order chi connectivity index (χ0) is 23.5. The molecule has 1 unspecified atom stereocenters. The van der Waals surface area contributed by atoms with Gasteiger partial charge in [-0.1, -0.05) is 6.08 Å². The highest BCUT2D eigenvalue weighted by molar-refractivity contribution is 5.20. The molecule has 0 amide bonds. The van der Waals surface area contributed by atoms with Crippen LogP contribution in [-0.2, 0) is 0 Å². The molecule has 5 rings (SSSR count). The van der Waals surface area contributed by atoms with Crippen LogP contribution in [0.5, 0.6) is 0 Å². The number of hydrogen-bond acceptors (Lipinski definition) is 5. The van der Waals surface area contributed by atoms with Crippen molar-refractivity contribution in [1.29, 1.82) is 0 Å². The van der Waals surface area contributed by atoms with Crippen LogP contribution >= 0.6 is 0 Å². The summed E-state index contributed by atoms with van der Waals surface area (Å²) in [5.41, 5.74) is 14.1. The van der Waals surface area contributed by atoms with E-state index in [0.717, 1.165) is 30.0 Å². The van der Waals surface area contributed by atoms with E-state index in [1.807, 2.05) is 0 Å². The summed E-state index contributed by atoms with van der Waals surface area (Å²) in [6.45, 7) is 2.51. The van der Waals surface area contributed by atoms with Crippen molar-refractivity contribution in [2.24, 2.45) is 23.3 Å². The first-order chi connectivity index (χ1) is 16.5. The van der Waals surface area contributed by atoms with Gasteiger partial charge < -0.3 is 27.4 Å². The zero-order valence-corrected chi connectivity index (χ0v) is 21.9. The highest BCUT2D eigenvalue weighted by atomic mass is 15.0. The summed E-state index contributed by atoms with van der Waals surface area (Å²) in [5, 5.41) is 12.1. The predicted molar refractivity (Wildman–Crippen MR) is 142 cm³/mol. The van der Waals surface area contributed by atoms with Gasteiger partial charge in [-0.3, -0.25) is 0 Å². The number of rotatable bonds is 6. The molecule has 0 aromatic heterocycles. The van der Waals surface area contributed by atoms with E-state index in [1.165, 1.54) is 109 Å². The first kappa shape index (κ1) is 25.0. The molecule has 0 aromatic carbocycles. The molecule has 5 nitrogen and oxygen atoms in total. The lowest BCUT2D eigenvalue weighted by Gasteiger charge is -2.42. The van der Waals surface area contributed by atoms with Gasteiger partial charge in [-0.15, -0.1) is 0 Å². The van der Waals surface area contributed by atoms with Crippen molar-refractivity contribution in [3.05, 3.63) is 11.8 Å². The molecular formula is C29H53N5. The van der Waals surface area contributed by atoms with Gasteiger partial charge in [-0.2, -0.15) is 0 Å². The molecular weight excluding hydrogens is 418 g/mol. The molecule has 1 heterocycles. The minimum absolute atomic E-state index is 0.286. The van der Waals surface area contributed by atoms with E-state index in [1.54, 1.807) is 5.70 Å². The molecule has 1 aliphatic heterocycles. The first-order valence-electron chi connectivity index (χ1n) is 15.0. The first-order valence-corrected chi connectivity index (χ1v) is 15.0. The molecule has 0 spiro atoms. The molecule has 5 aliphatic rings. The normalized spacial score (nSPS) is 46.0. The maximum absolute atomic E-state index is 6.10. The van der Waals surface area contributed by atoms with E-state index in [9.17, 15) is 0 Å². The van der Waals surface area contributed by atoms with Crippen LogP contribution in [0, 0.1) is 11.8 Å². The highest BCUT2D eigenvalue weighted by Gasteiger charge is 2.41. The number of hydrogen-bond donors (Lipinski definition) is 5. The third-order valence-corrected chi connectivity index (χ3v) is 10.5. The number of nitrogens with one attached hydrogen (secondary N) is 3. The summed E-state index contributed by atoms with van der Waals surface area (Å²) >= 11 is 0.